The smallest absolute Gasteiger partial charge is 0.238 e. The van der Waals surface area contributed by atoms with Crippen LogP contribution in [0.4, 0.5) is 23.2 Å². The Bertz CT molecular complexity index is 757. The Hall–Kier alpha value is -2.06. The predicted molar refractivity (Wildman–Crippen MR) is 89.6 cm³/mol. The van der Waals surface area contributed by atoms with Crippen molar-refractivity contribution in [3.63, 3.8) is 0 Å². The largest absolute Gasteiger partial charge is 0.322 e. The van der Waals surface area contributed by atoms with Crippen LogP contribution in [0.25, 0.3) is 0 Å². The van der Waals surface area contributed by atoms with E-state index in [1.165, 1.54) is 17.8 Å². The Balaban J connectivity index is 1.80. The van der Waals surface area contributed by atoms with Crippen molar-refractivity contribution in [2.45, 2.75) is 4.90 Å². The Morgan fingerprint density at radius 3 is 2.48 bits per heavy atom. The van der Waals surface area contributed by atoms with E-state index in [0.717, 1.165) is 12.1 Å². The number of rotatable bonds is 7. The first-order valence-electron chi connectivity index (χ1n) is 7.37. The summed E-state index contributed by atoms with van der Waals surface area (Å²) in [6.45, 7) is 0.406. The van der Waals surface area contributed by atoms with Crippen LogP contribution in [0, 0.1) is 23.3 Å². The van der Waals surface area contributed by atoms with E-state index < -0.39 is 29.0 Å². The summed E-state index contributed by atoms with van der Waals surface area (Å²) in [5, 5.41) is 2.20. The van der Waals surface area contributed by atoms with E-state index in [-0.39, 0.29) is 12.4 Å². The quantitative estimate of drug-likeness (QED) is 0.454. The van der Waals surface area contributed by atoms with Crippen LogP contribution in [-0.4, -0.2) is 36.7 Å². The van der Waals surface area contributed by atoms with Crippen molar-refractivity contribution in [3.05, 3.63) is 59.7 Å². The highest BCUT2D eigenvalue weighted by Crippen LogP contribution is 2.21. The van der Waals surface area contributed by atoms with Crippen LogP contribution in [0.1, 0.15) is 0 Å². The van der Waals surface area contributed by atoms with Gasteiger partial charge in [-0.1, -0.05) is 12.1 Å². The number of hydrogen-bond acceptors (Lipinski definition) is 3. The van der Waals surface area contributed by atoms with Gasteiger partial charge in [-0.05, 0) is 31.3 Å². The topological polar surface area (TPSA) is 32.3 Å². The number of halogens is 4. The lowest BCUT2D eigenvalue weighted by atomic mass is 10.2. The standard InChI is InChI=1S/C17H16F4N2OS/c1-23(8-9-25-14-5-3-2-4-11(14)18)10-15(24)22-13-7-6-12(19)16(20)17(13)21/h2-7H,8-10H2,1H3,(H,22,24). The van der Waals surface area contributed by atoms with E-state index in [1.807, 2.05) is 0 Å². The lowest BCUT2D eigenvalue weighted by Gasteiger charge is -2.16. The second-order valence-electron chi connectivity index (χ2n) is 5.29. The van der Waals surface area contributed by atoms with Crippen molar-refractivity contribution in [1.82, 2.24) is 4.90 Å². The van der Waals surface area contributed by atoms with Crippen molar-refractivity contribution >= 4 is 23.4 Å². The molecule has 0 saturated carbocycles. The number of likely N-dealkylation sites (N-methyl/N-ethyl adjacent to an activating group) is 1. The third kappa shape index (κ3) is 5.47. The molecule has 2 rings (SSSR count). The number of hydrogen-bond donors (Lipinski definition) is 1. The summed E-state index contributed by atoms with van der Waals surface area (Å²) in [6.07, 6.45) is 0. The van der Waals surface area contributed by atoms with E-state index in [1.54, 1.807) is 30.1 Å². The van der Waals surface area contributed by atoms with E-state index >= 15 is 0 Å². The minimum Gasteiger partial charge on any atom is -0.322 e. The molecule has 0 atom stereocenters. The number of nitrogens with zero attached hydrogens (tertiary/aromatic N) is 1. The van der Waals surface area contributed by atoms with E-state index in [4.69, 9.17) is 0 Å². The molecule has 0 fully saturated rings. The first-order valence-corrected chi connectivity index (χ1v) is 8.36. The molecule has 0 unspecified atom stereocenters. The number of carbonyl (C=O) groups excluding carboxylic acids is 1. The second-order valence-corrected chi connectivity index (χ2v) is 6.42. The Morgan fingerprint density at radius 1 is 1.04 bits per heavy atom. The van der Waals surface area contributed by atoms with Gasteiger partial charge in [0.2, 0.25) is 5.91 Å². The monoisotopic (exact) mass is 372 g/mol. The van der Waals surface area contributed by atoms with Gasteiger partial charge in [-0.3, -0.25) is 9.69 Å². The van der Waals surface area contributed by atoms with Crippen LogP contribution in [0.2, 0.25) is 0 Å². The summed E-state index contributed by atoms with van der Waals surface area (Å²) in [4.78, 5) is 14.0. The Labute approximate surface area is 147 Å². The lowest BCUT2D eigenvalue weighted by Crippen LogP contribution is -2.32. The zero-order chi connectivity index (χ0) is 18.4. The van der Waals surface area contributed by atoms with Crippen molar-refractivity contribution in [1.29, 1.82) is 0 Å². The number of thioether (sulfide) groups is 1. The summed E-state index contributed by atoms with van der Waals surface area (Å²) in [5.41, 5.74) is -0.418. The molecule has 0 radical (unpaired) electrons. The van der Waals surface area contributed by atoms with Gasteiger partial charge in [-0.25, -0.2) is 17.6 Å². The minimum absolute atomic E-state index is 0.0731. The molecule has 1 amide bonds. The molecule has 0 bridgehead atoms. The van der Waals surface area contributed by atoms with Crippen LogP contribution >= 0.6 is 11.8 Å². The van der Waals surface area contributed by atoms with Gasteiger partial charge in [0, 0.05) is 17.2 Å². The fraction of sp³-hybridized carbons (Fsp3) is 0.235. The van der Waals surface area contributed by atoms with Crippen molar-refractivity contribution in [3.8, 4) is 0 Å². The molecule has 0 aliphatic carbocycles. The molecule has 0 spiro atoms. The molecular formula is C17H16F4N2OS. The maximum atomic E-state index is 13.5. The van der Waals surface area contributed by atoms with Gasteiger partial charge in [0.15, 0.2) is 17.5 Å². The van der Waals surface area contributed by atoms with Crippen LogP contribution in [-0.2, 0) is 4.79 Å². The third-order valence-corrected chi connectivity index (χ3v) is 4.32. The van der Waals surface area contributed by atoms with Crippen LogP contribution in [0.5, 0.6) is 0 Å². The molecule has 2 aromatic rings. The maximum Gasteiger partial charge on any atom is 0.238 e. The molecular weight excluding hydrogens is 356 g/mol. The predicted octanol–water partition coefficient (Wildman–Crippen LogP) is 3.91. The first-order chi connectivity index (χ1) is 11.9. The molecule has 0 heterocycles. The molecule has 1 N–H and O–H groups in total. The fourth-order valence-electron chi connectivity index (χ4n) is 2.01. The molecule has 3 nitrogen and oxygen atoms in total. The van der Waals surface area contributed by atoms with Crippen molar-refractivity contribution in [2.24, 2.45) is 0 Å². The minimum atomic E-state index is -1.63. The number of amides is 1. The highest BCUT2D eigenvalue weighted by atomic mass is 32.2. The molecule has 0 saturated heterocycles. The van der Waals surface area contributed by atoms with Crippen LogP contribution in [0.15, 0.2) is 41.3 Å². The van der Waals surface area contributed by atoms with Crippen LogP contribution in [0.3, 0.4) is 0 Å². The molecule has 25 heavy (non-hydrogen) atoms. The first kappa shape index (κ1) is 19.3. The molecule has 0 aliphatic rings. The molecule has 0 aliphatic heterocycles. The summed E-state index contributed by atoms with van der Waals surface area (Å²) >= 11 is 1.31. The third-order valence-electron chi connectivity index (χ3n) is 3.29. The zero-order valence-electron chi connectivity index (χ0n) is 13.4. The Kier molecular flexibility index (Phi) is 6.83. The van der Waals surface area contributed by atoms with Crippen LogP contribution < -0.4 is 5.32 Å². The van der Waals surface area contributed by atoms with Gasteiger partial charge in [0.25, 0.3) is 0 Å². The van der Waals surface area contributed by atoms with Gasteiger partial charge < -0.3 is 5.32 Å². The number of anilines is 1. The number of carbonyl (C=O) groups is 1. The highest BCUT2D eigenvalue weighted by Gasteiger charge is 2.16. The maximum absolute atomic E-state index is 13.5. The molecule has 8 heteroatoms. The van der Waals surface area contributed by atoms with Gasteiger partial charge >= 0.3 is 0 Å². The van der Waals surface area contributed by atoms with E-state index in [9.17, 15) is 22.4 Å². The van der Waals surface area contributed by atoms with E-state index in [2.05, 4.69) is 5.32 Å². The molecule has 134 valence electrons. The Morgan fingerprint density at radius 2 is 1.76 bits per heavy atom. The van der Waals surface area contributed by atoms with Gasteiger partial charge in [0.1, 0.15) is 5.82 Å². The molecule has 0 aromatic heterocycles. The normalized spacial score (nSPS) is 11.0. The summed E-state index contributed by atoms with van der Waals surface area (Å²) in [5.74, 6) is -4.72. The summed E-state index contributed by atoms with van der Waals surface area (Å²) in [6, 6.07) is 8.07. The highest BCUT2D eigenvalue weighted by molar-refractivity contribution is 7.99. The fourth-order valence-corrected chi connectivity index (χ4v) is 3.01. The summed E-state index contributed by atoms with van der Waals surface area (Å²) < 4.78 is 52.9. The molecule has 2 aromatic carbocycles. The average Bonchev–Trinajstić information content (AvgIpc) is 2.57. The van der Waals surface area contributed by atoms with Crippen molar-refractivity contribution in [2.75, 3.05) is 31.2 Å². The van der Waals surface area contributed by atoms with Gasteiger partial charge in [-0.2, -0.15) is 0 Å². The number of benzene rings is 2. The number of nitrogens with one attached hydrogen (secondary N) is 1. The van der Waals surface area contributed by atoms with Gasteiger partial charge in [0.05, 0.1) is 12.2 Å². The second kappa shape index (κ2) is 8.87. The summed E-state index contributed by atoms with van der Waals surface area (Å²) in [7, 11) is 1.67. The van der Waals surface area contributed by atoms with Gasteiger partial charge in [-0.15, -0.1) is 11.8 Å². The lowest BCUT2D eigenvalue weighted by molar-refractivity contribution is -0.117. The van der Waals surface area contributed by atoms with Crippen molar-refractivity contribution < 1.29 is 22.4 Å². The SMILES string of the molecule is CN(CCSc1ccccc1F)CC(=O)Nc1ccc(F)c(F)c1F. The van der Waals surface area contributed by atoms with E-state index in [0.29, 0.717) is 17.2 Å². The zero-order valence-corrected chi connectivity index (χ0v) is 14.2. The average molecular weight is 372 g/mol.